The molecule has 4 rings (SSSR count). The van der Waals surface area contributed by atoms with Crippen LogP contribution in [0.2, 0.25) is 0 Å². The van der Waals surface area contributed by atoms with Crippen molar-refractivity contribution in [2.75, 3.05) is 0 Å². The molecule has 2 aromatic heterocycles. The van der Waals surface area contributed by atoms with Gasteiger partial charge in [-0.15, -0.1) is 0 Å². The Balaban J connectivity index is 1.68. The number of alkyl halides is 3. The molecular formula is C16H21F3N6O. The van der Waals surface area contributed by atoms with E-state index in [4.69, 9.17) is 0 Å². The average Bonchev–Trinajstić information content (AvgIpc) is 3.27. The summed E-state index contributed by atoms with van der Waals surface area (Å²) in [6, 6.07) is 0. The lowest BCUT2D eigenvalue weighted by atomic mass is 9.98. The largest absolute Gasteiger partial charge is 0.408 e. The van der Waals surface area contributed by atoms with Gasteiger partial charge in [-0.2, -0.15) is 23.4 Å². The Kier molecular flexibility index (Phi) is 4.15. The van der Waals surface area contributed by atoms with Gasteiger partial charge in [0.15, 0.2) is 5.82 Å². The monoisotopic (exact) mass is 370 g/mol. The minimum Gasteiger partial charge on any atom is -0.278 e. The molecule has 7 nitrogen and oxygen atoms in total. The fourth-order valence-electron chi connectivity index (χ4n) is 4.07. The number of nitrogens with zero attached hydrogens (tertiary/aromatic N) is 6. The maximum Gasteiger partial charge on any atom is 0.408 e. The SMILES string of the molecule is Cn1nc2n(c1=O)CC(c1nc(C3CCCC3)nn1CC(F)(F)F)CC2. The van der Waals surface area contributed by atoms with Gasteiger partial charge >= 0.3 is 11.9 Å². The molecule has 3 heterocycles. The Hall–Kier alpha value is -2.13. The van der Waals surface area contributed by atoms with Gasteiger partial charge in [-0.05, 0) is 19.3 Å². The fourth-order valence-corrected chi connectivity index (χ4v) is 4.07. The van der Waals surface area contributed by atoms with Crippen molar-refractivity contribution in [2.24, 2.45) is 7.05 Å². The van der Waals surface area contributed by atoms with Crippen molar-refractivity contribution in [2.45, 2.75) is 69.6 Å². The summed E-state index contributed by atoms with van der Waals surface area (Å²) >= 11 is 0. The van der Waals surface area contributed by atoms with E-state index in [-0.39, 0.29) is 17.5 Å². The second-order valence-electron chi connectivity index (χ2n) is 7.25. The summed E-state index contributed by atoms with van der Waals surface area (Å²) in [5.41, 5.74) is -0.248. The molecule has 1 aliphatic carbocycles. The molecule has 0 spiro atoms. The van der Waals surface area contributed by atoms with Gasteiger partial charge in [0.2, 0.25) is 0 Å². The van der Waals surface area contributed by atoms with Crippen LogP contribution in [0.5, 0.6) is 0 Å². The Morgan fingerprint density at radius 2 is 1.85 bits per heavy atom. The van der Waals surface area contributed by atoms with Crippen molar-refractivity contribution < 1.29 is 13.2 Å². The zero-order chi connectivity index (χ0) is 18.5. The number of aryl methyl sites for hydroxylation is 2. The summed E-state index contributed by atoms with van der Waals surface area (Å²) in [4.78, 5) is 16.7. The standard InChI is InChI=1S/C16H21F3N6O/c1-23-15(26)24-8-11(6-7-12(24)21-23)14-20-13(10-4-2-3-5-10)22-25(14)9-16(17,18)19/h10-11H,2-9H2,1H3. The van der Waals surface area contributed by atoms with E-state index in [1.165, 1.54) is 9.25 Å². The minimum atomic E-state index is -4.36. The second-order valence-corrected chi connectivity index (χ2v) is 7.25. The molecule has 1 saturated carbocycles. The van der Waals surface area contributed by atoms with Gasteiger partial charge in [0, 0.05) is 31.8 Å². The molecular weight excluding hydrogens is 349 g/mol. The van der Waals surface area contributed by atoms with Gasteiger partial charge in [-0.3, -0.25) is 4.57 Å². The van der Waals surface area contributed by atoms with Crippen LogP contribution in [0.4, 0.5) is 13.2 Å². The van der Waals surface area contributed by atoms with Crippen LogP contribution >= 0.6 is 0 Å². The summed E-state index contributed by atoms with van der Waals surface area (Å²) in [6.07, 6.45) is 0.756. The summed E-state index contributed by atoms with van der Waals surface area (Å²) in [5.74, 6) is 1.40. The molecule has 1 aliphatic heterocycles. The van der Waals surface area contributed by atoms with Crippen LogP contribution in [0, 0.1) is 0 Å². The van der Waals surface area contributed by atoms with Gasteiger partial charge < -0.3 is 0 Å². The third-order valence-electron chi connectivity index (χ3n) is 5.34. The first kappa shape index (κ1) is 17.3. The predicted octanol–water partition coefficient (Wildman–Crippen LogP) is 2.12. The lowest BCUT2D eigenvalue weighted by molar-refractivity contribution is -0.143. The van der Waals surface area contributed by atoms with Gasteiger partial charge in [-0.25, -0.2) is 19.1 Å². The molecule has 1 unspecified atom stereocenters. The van der Waals surface area contributed by atoms with Crippen molar-refractivity contribution in [3.8, 4) is 0 Å². The molecule has 1 atom stereocenters. The fraction of sp³-hybridized carbons (Fsp3) is 0.750. The van der Waals surface area contributed by atoms with E-state index in [0.717, 1.165) is 30.4 Å². The smallest absolute Gasteiger partial charge is 0.278 e. The number of aromatic nitrogens is 6. The number of halogens is 3. The summed E-state index contributed by atoms with van der Waals surface area (Å²) in [7, 11) is 1.58. The lowest BCUT2D eigenvalue weighted by Crippen LogP contribution is -2.31. The van der Waals surface area contributed by atoms with Crippen LogP contribution in [0.15, 0.2) is 4.79 Å². The Bertz CT molecular complexity index is 858. The summed E-state index contributed by atoms with van der Waals surface area (Å²) in [5, 5.41) is 8.39. The molecule has 26 heavy (non-hydrogen) atoms. The number of fused-ring (bicyclic) bond motifs is 1. The molecule has 10 heteroatoms. The van der Waals surface area contributed by atoms with Gasteiger partial charge in [-0.1, -0.05) is 12.8 Å². The average molecular weight is 370 g/mol. The van der Waals surface area contributed by atoms with Crippen molar-refractivity contribution in [3.05, 3.63) is 28.0 Å². The quantitative estimate of drug-likeness (QED) is 0.830. The predicted molar refractivity (Wildman–Crippen MR) is 85.8 cm³/mol. The van der Waals surface area contributed by atoms with Gasteiger partial charge in [0.1, 0.15) is 18.2 Å². The van der Waals surface area contributed by atoms with Crippen LogP contribution in [0.3, 0.4) is 0 Å². The maximum absolute atomic E-state index is 13.0. The molecule has 2 aliphatic rings. The zero-order valence-electron chi connectivity index (χ0n) is 14.5. The third-order valence-corrected chi connectivity index (χ3v) is 5.34. The number of hydrogen-bond acceptors (Lipinski definition) is 4. The first-order valence-corrected chi connectivity index (χ1v) is 8.96. The van der Waals surface area contributed by atoms with Crippen LogP contribution in [0.25, 0.3) is 0 Å². The van der Waals surface area contributed by atoms with Crippen molar-refractivity contribution in [1.82, 2.24) is 29.1 Å². The highest BCUT2D eigenvalue weighted by atomic mass is 19.4. The van der Waals surface area contributed by atoms with Gasteiger partial charge in [0.05, 0.1) is 0 Å². The van der Waals surface area contributed by atoms with Gasteiger partial charge in [0.25, 0.3) is 0 Å². The first-order valence-electron chi connectivity index (χ1n) is 8.96. The molecule has 0 aromatic carbocycles. The molecule has 0 amide bonds. The van der Waals surface area contributed by atoms with E-state index in [0.29, 0.717) is 36.9 Å². The third kappa shape index (κ3) is 3.16. The Morgan fingerprint density at radius 3 is 2.54 bits per heavy atom. The maximum atomic E-state index is 13.0. The van der Waals surface area contributed by atoms with E-state index in [1.807, 2.05) is 0 Å². The first-order chi connectivity index (χ1) is 12.3. The molecule has 0 N–H and O–H groups in total. The van der Waals surface area contributed by atoms with Crippen LogP contribution in [-0.4, -0.2) is 35.3 Å². The highest BCUT2D eigenvalue weighted by Gasteiger charge is 2.35. The molecule has 1 fully saturated rings. The zero-order valence-corrected chi connectivity index (χ0v) is 14.5. The van der Waals surface area contributed by atoms with E-state index in [1.54, 1.807) is 7.05 Å². The lowest BCUT2D eigenvalue weighted by Gasteiger charge is -2.22. The number of rotatable bonds is 3. The second kappa shape index (κ2) is 6.24. The number of hydrogen-bond donors (Lipinski definition) is 0. The van der Waals surface area contributed by atoms with Crippen molar-refractivity contribution >= 4 is 0 Å². The summed E-state index contributed by atoms with van der Waals surface area (Å²) < 4.78 is 42.9. The Labute approximate surface area is 147 Å². The topological polar surface area (TPSA) is 70.5 Å². The molecule has 2 aromatic rings. The van der Waals surface area contributed by atoms with Crippen molar-refractivity contribution in [1.29, 1.82) is 0 Å². The minimum absolute atomic E-state index is 0.142. The normalized spacial score (nSPS) is 21.3. The van der Waals surface area contributed by atoms with Crippen LogP contribution in [0.1, 0.15) is 61.4 Å². The Morgan fingerprint density at radius 1 is 1.12 bits per heavy atom. The molecule has 142 valence electrons. The van der Waals surface area contributed by atoms with Crippen molar-refractivity contribution in [3.63, 3.8) is 0 Å². The van der Waals surface area contributed by atoms with E-state index >= 15 is 0 Å². The van der Waals surface area contributed by atoms with E-state index in [2.05, 4.69) is 15.2 Å². The summed E-state index contributed by atoms with van der Waals surface area (Å²) in [6.45, 7) is -0.851. The van der Waals surface area contributed by atoms with E-state index in [9.17, 15) is 18.0 Å². The highest BCUT2D eigenvalue weighted by molar-refractivity contribution is 5.09. The molecule has 0 saturated heterocycles. The highest BCUT2D eigenvalue weighted by Crippen LogP contribution is 2.35. The molecule has 0 bridgehead atoms. The van der Waals surface area contributed by atoms with E-state index < -0.39 is 12.7 Å². The van der Waals surface area contributed by atoms with Crippen LogP contribution in [-0.2, 0) is 26.6 Å². The molecule has 0 radical (unpaired) electrons. The van der Waals surface area contributed by atoms with Crippen LogP contribution < -0.4 is 5.69 Å².